The highest BCUT2D eigenvalue weighted by molar-refractivity contribution is 5.50. The van der Waals surface area contributed by atoms with Crippen LogP contribution in [0.2, 0.25) is 0 Å². The molecule has 2 heterocycles. The van der Waals surface area contributed by atoms with Crippen LogP contribution in [0.15, 0.2) is 4.79 Å². The molecule has 0 aliphatic rings. The molecule has 5 nitrogen and oxygen atoms in total. The molecule has 0 aliphatic heterocycles. The van der Waals surface area contributed by atoms with Crippen molar-refractivity contribution in [1.29, 1.82) is 0 Å². The molecule has 0 saturated carbocycles. The minimum absolute atomic E-state index is 0.0331. The largest absolute Gasteiger partial charge is 0.396 e. The van der Waals surface area contributed by atoms with Crippen LogP contribution in [0.3, 0.4) is 0 Å². The number of rotatable bonds is 2. The lowest BCUT2D eigenvalue weighted by Gasteiger charge is -2.05. The van der Waals surface area contributed by atoms with Crippen molar-refractivity contribution in [2.75, 3.05) is 6.61 Å². The third kappa shape index (κ3) is 1.44. The third-order valence-corrected chi connectivity index (χ3v) is 2.98. The Morgan fingerprint density at radius 3 is 2.69 bits per heavy atom. The molecule has 0 radical (unpaired) electrons. The van der Waals surface area contributed by atoms with Gasteiger partial charge in [0.15, 0.2) is 0 Å². The minimum atomic E-state index is -0.137. The normalized spacial score (nSPS) is 11.2. The Morgan fingerprint density at radius 1 is 1.38 bits per heavy atom. The van der Waals surface area contributed by atoms with Crippen molar-refractivity contribution in [3.05, 3.63) is 32.9 Å². The summed E-state index contributed by atoms with van der Waals surface area (Å²) >= 11 is 0. The standard InChI is InChI=1S/C11H15N3O2/c1-6-7(2)13-14-8(3)9(4-5-15)11(16)12-10(6)14/h15H,4-5H2,1-3H3,(H,12,16). The van der Waals surface area contributed by atoms with Crippen molar-refractivity contribution >= 4 is 5.65 Å². The van der Waals surface area contributed by atoms with Crippen LogP contribution in [0.25, 0.3) is 5.65 Å². The number of aromatic amines is 1. The van der Waals surface area contributed by atoms with Gasteiger partial charge in [0.2, 0.25) is 0 Å². The van der Waals surface area contributed by atoms with E-state index in [1.165, 1.54) is 0 Å². The number of hydrogen-bond donors (Lipinski definition) is 2. The summed E-state index contributed by atoms with van der Waals surface area (Å²) in [4.78, 5) is 14.6. The average Bonchev–Trinajstić information content (AvgIpc) is 2.52. The van der Waals surface area contributed by atoms with Gasteiger partial charge in [-0.2, -0.15) is 5.10 Å². The molecular formula is C11H15N3O2. The molecule has 2 rings (SSSR count). The molecule has 2 aromatic heterocycles. The first-order valence-corrected chi connectivity index (χ1v) is 5.24. The Bertz CT molecular complexity index is 595. The maximum atomic E-state index is 11.8. The summed E-state index contributed by atoms with van der Waals surface area (Å²) < 4.78 is 1.73. The second-order valence-corrected chi connectivity index (χ2v) is 3.96. The zero-order valence-corrected chi connectivity index (χ0v) is 9.66. The van der Waals surface area contributed by atoms with Gasteiger partial charge >= 0.3 is 0 Å². The summed E-state index contributed by atoms with van der Waals surface area (Å²) in [5.74, 6) is 0. The van der Waals surface area contributed by atoms with Crippen LogP contribution in [0, 0.1) is 20.8 Å². The van der Waals surface area contributed by atoms with Gasteiger partial charge in [0.25, 0.3) is 5.56 Å². The summed E-state index contributed by atoms with van der Waals surface area (Å²) in [6, 6.07) is 0. The van der Waals surface area contributed by atoms with Gasteiger partial charge in [0.05, 0.1) is 11.4 Å². The smallest absolute Gasteiger partial charge is 0.254 e. The zero-order chi connectivity index (χ0) is 11.9. The van der Waals surface area contributed by atoms with Crippen molar-refractivity contribution in [3.63, 3.8) is 0 Å². The molecule has 0 unspecified atom stereocenters. The number of hydrogen-bond acceptors (Lipinski definition) is 3. The molecule has 2 aromatic rings. The van der Waals surface area contributed by atoms with Crippen LogP contribution in [0.4, 0.5) is 0 Å². The van der Waals surface area contributed by atoms with E-state index in [0.717, 1.165) is 22.6 Å². The van der Waals surface area contributed by atoms with E-state index in [1.807, 2.05) is 20.8 Å². The lowest BCUT2D eigenvalue weighted by molar-refractivity contribution is 0.298. The van der Waals surface area contributed by atoms with Gasteiger partial charge in [-0.3, -0.25) is 4.79 Å². The molecule has 0 aromatic carbocycles. The molecule has 16 heavy (non-hydrogen) atoms. The number of nitrogens with one attached hydrogen (secondary N) is 1. The van der Waals surface area contributed by atoms with Crippen LogP contribution >= 0.6 is 0 Å². The second kappa shape index (κ2) is 3.75. The van der Waals surface area contributed by atoms with E-state index in [-0.39, 0.29) is 12.2 Å². The molecule has 0 saturated heterocycles. The highest BCUT2D eigenvalue weighted by atomic mass is 16.3. The number of aliphatic hydroxyl groups excluding tert-OH is 1. The van der Waals surface area contributed by atoms with Gasteiger partial charge in [0, 0.05) is 24.2 Å². The number of aryl methyl sites for hydroxylation is 3. The molecule has 0 amide bonds. The molecule has 2 N–H and O–H groups in total. The summed E-state index contributed by atoms with van der Waals surface area (Å²) in [7, 11) is 0. The maximum Gasteiger partial charge on any atom is 0.254 e. The van der Waals surface area contributed by atoms with Crippen molar-refractivity contribution in [1.82, 2.24) is 14.6 Å². The summed E-state index contributed by atoms with van der Waals surface area (Å²) in [6.07, 6.45) is 0.356. The van der Waals surface area contributed by atoms with Gasteiger partial charge in [0.1, 0.15) is 5.65 Å². The summed E-state index contributed by atoms with van der Waals surface area (Å²) in [5, 5.41) is 13.3. The Hall–Kier alpha value is -1.62. The average molecular weight is 221 g/mol. The van der Waals surface area contributed by atoms with E-state index >= 15 is 0 Å². The van der Waals surface area contributed by atoms with Crippen LogP contribution < -0.4 is 5.56 Å². The quantitative estimate of drug-likeness (QED) is 0.775. The predicted octanol–water partition coefficient (Wildman–Crippen LogP) is 0.483. The zero-order valence-electron chi connectivity index (χ0n) is 9.66. The maximum absolute atomic E-state index is 11.8. The fourth-order valence-electron chi connectivity index (χ4n) is 1.88. The SMILES string of the molecule is Cc1nn2c(C)c(CCO)c(=O)[nH]c2c1C. The molecular weight excluding hydrogens is 206 g/mol. The van der Waals surface area contributed by atoms with Crippen LogP contribution in [0.5, 0.6) is 0 Å². The molecule has 0 atom stereocenters. The van der Waals surface area contributed by atoms with E-state index in [0.29, 0.717) is 12.0 Å². The lowest BCUT2D eigenvalue weighted by atomic mass is 10.2. The highest BCUT2D eigenvalue weighted by Crippen LogP contribution is 2.13. The Labute approximate surface area is 92.7 Å². The molecule has 5 heteroatoms. The first-order chi connectivity index (χ1) is 7.56. The summed E-state index contributed by atoms with van der Waals surface area (Å²) in [5.41, 5.74) is 3.88. The second-order valence-electron chi connectivity index (χ2n) is 3.96. The number of aromatic nitrogens is 3. The topological polar surface area (TPSA) is 70.4 Å². The van der Waals surface area contributed by atoms with Crippen molar-refractivity contribution < 1.29 is 5.11 Å². The van der Waals surface area contributed by atoms with Gasteiger partial charge < -0.3 is 10.1 Å². The first kappa shape index (κ1) is 10.9. The number of aliphatic hydroxyl groups is 1. The summed E-state index contributed by atoms with van der Waals surface area (Å²) in [6.45, 7) is 5.65. The van der Waals surface area contributed by atoms with Crippen LogP contribution in [-0.2, 0) is 6.42 Å². The van der Waals surface area contributed by atoms with Gasteiger partial charge in [-0.25, -0.2) is 4.52 Å². The number of fused-ring (bicyclic) bond motifs is 1. The Balaban J connectivity index is 2.83. The molecule has 0 bridgehead atoms. The van der Waals surface area contributed by atoms with Gasteiger partial charge in [-0.15, -0.1) is 0 Å². The van der Waals surface area contributed by atoms with E-state index in [2.05, 4.69) is 10.1 Å². The minimum Gasteiger partial charge on any atom is -0.396 e. The van der Waals surface area contributed by atoms with E-state index in [4.69, 9.17) is 5.11 Å². The van der Waals surface area contributed by atoms with E-state index < -0.39 is 0 Å². The van der Waals surface area contributed by atoms with Crippen molar-refractivity contribution in [2.45, 2.75) is 27.2 Å². The van der Waals surface area contributed by atoms with Gasteiger partial charge in [-0.1, -0.05) is 0 Å². The molecule has 0 aliphatic carbocycles. The number of H-pyrrole nitrogens is 1. The van der Waals surface area contributed by atoms with Crippen molar-refractivity contribution in [3.8, 4) is 0 Å². The van der Waals surface area contributed by atoms with Gasteiger partial charge in [-0.05, 0) is 20.8 Å². The fraction of sp³-hybridized carbons (Fsp3) is 0.455. The van der Waals surface area contributed by atoms with E-state index in [9.17, 15) is 4.79 Å². The molecule has 86 valence electrons. The van der Waals surface area contributed by atoms with Crippen molar-refractivity contribution in [2.24, 2.45) is 0 Å². The molecule has 0 spiro atoms. The highest BCUT2D eigenvalue weighted by Gasteiger charge is 2.12. The monoisotopic (exact) mass is 221 g/mol. The van der Waals surface area contributed by atoms with E-state index in [1.54, 1.807) is 4.52 Å². The first-order valence-electron chi connectivity index (χ1n) is 5.24. The fourth-order valence-corrected chi connectivity index (χ4v) is 1.88. The lowest BCUT2D eigenvalue weighted by Crippen LogP contribution is -2.19. The van der Waals surface area contributed by atoms with Crippen LogP contribution in [0.1, 0.15) is 22.5 Å². The third-order valence-electron chi connectivity index (χ3n) is 2.98. The molecule has 0 fully saturated rings. The van der Waals surface area contributed by atoms with Crippen LogP contribution in [-0.4, -0.2) is 26.3 Å². The Morgan fingerprint density at radius 2 is 2.06 bits per heavy atom. The Kier molecular flexibility index (Phi) is 2.55. The predicted molar refractivity (Wildman–Crippen MR) is 60.8 cm³/mol. The number of nitrogens with zero attached hydrogens (tertiary/aromatic N) is 2.